The number of benzene rings is 2. The van der Waals surface area contributed by atoms with E-state index in [0.717, 1.165) is 24.8 Å². The number of aromatic nitrogens is 3. The highest BCUT2D eigenvalue weighted by atomic mass is 32.2. The first-order chi connectivity index (χ1) is 17.5. The molecule has 194 valence electrons. The molecule has 0 radical (unpaired) electrons. The van der Waals surface area contributed by atoms with E-state index >= 15 is 0 Å². The summed E-state index contributed by atoms with van der Waals surface area (Å²) in [4.78, 5) is 1.89. The van der Waals surface area contributed by atoms with E-state index in [4.69, 9.17) is 0 Å². The van der Waals surface area contributed by atoms with Crippen molar-refractivity contribution in [3.63, 3.8) is 0 Å². The molecule has 0 saturated carbocycles. The van der Waals surface area contributed by atoms with Gasteiger partial charge in [-0.05, 0) is 54.8 Å². The van der Waals surface area contributed by atoms with Crippen LogP contribution in [0.5, 0.6) is 0 Å². The number of hydrogen-bond donors (Lipinski definition) is 1. The van der Waals surface area contributed by atoms with Gasteiger partial charge in [0.1, 0.15) is 24.3 Å². The summed E-state index contributed by atoms with van der Waals surface area (Å²) in [5.41, 5.74) is 1.31. The van der Waals surface area contributed by atoms with Crippen LogP contribution in [0.4, 0.5) is 14.5 Å². The molecule has 1 fully saturated rings. The van der Waals surface area contributed by atoms with E-state index in [1.165, 1.54) is 12.1 Å². The molecule has 1 N–H and O–H groups in total. The Bertz CT molecular complexity index is 1120. The highest BCUT2D eigenvalue weighted by molar-refractivity contribution is 7.79. The molecule has 3 atom stereocenters. The second kappa shape index (κ2) is 12.5. The molecule has 0 aliphatic carbocycles. The van der Waals surface area contributed by atoms with Gasteiger partial charge in [0.05, 0.1) is 5.69 Å². The Balaban J connectivity index is 1.33. The standard InChI is InChI=1S/C26H33F2N5O2S/c1-2-21(8-9-26(36(34)35)19-6-4-3-5-7-19)29-16-20-14-24(28)25(15-23(20)27)32-12-10-22(11-13-32)33-17-30-31-18-33/h3-7,14-15,17-18,21-22,26,29H,2,8-13,16H2,1H3,(H,34,35)/p-1/t21-,26+/m0/s1. The zero-order valence-electron chi connectivity index (χ0n) is 20.4. The van der Waals surface area contributed by atoms with Crippen molar-refractivity contribution >= 4 is 16.8 Å². The molecule has 1 aliphatic heterocycles. The van der Waals surface area contributed by atoms with Crippen LogP contribution in [-0.4, -0.2) is 42.7 Å². The molecular weight excluding hydrogens is 484 g/mol. The van der Waals surface area contributed by atoms with Gasteiger partial charge in [0.15, 0.2) is 0 Å². The van der Waals surface area contributed by atoms with E-state index < -0.39 is 28.0 Å². The molecule has 0 spiro atoms. The number of nitrogens with one attached hydrogen (secondary N) is 1. The van der Waals surface area contributed by atoms with Gasteiger partial charge in [-0.1, -0.05) is 37.3 Å². The lowest BCUT2D eigenvalue weighted by Gasteiger charge is -2.34. The van der Waals surface area contributed by atoms with Crippen LogP contribution in [0.3, 0.4) is 0 Å². The van der Waals surface area contributed by atoms with Crippen LogP contribution in [0.2, 0.25) is 0 Å². The summed E-state index contributed by atoms with van der Waals surface area (Å²) in [6.45, 7) is 3.41. The van der Waals surface area contributed by atoms with Crippen molar-refractivity contribution in [1.29, 1.82) is 0 Å². The van der Waals surface area contributed by atoms with E-state index in [1.54, 1.807) is 12.7 Å². The molecular formula is C26H32F2N5O2S-. The number of rotatable bonds is 11. The van der Waals surface area contributed by atoms with Crippen LogP contribution in [0, 0.1) is 11.6 Å². The van der Waals surface area contributed by atoms with Crippen LogP contribution in [0.25, 0.3) is 0 Å². The molecule has 4 rings (SSSR count). The van der Waals surface area contributed by atoms with Gasteiger partial charge in [-0.3, -0.25) is 4.21 Å². The first-order valence-electron chi connectivity index (χ1n) is 12.4. The molecule has 0 amide bonds. The normalized spacial score (nSPS) is 17.2. The summed E-state index contributed by atoms with van der Waals surface area (Å²) in [5.74, 6) is -0.882. The highest BCUT2D eigenvalue weighted by Gasteiger charge is 2.24. The fourth-order valence-electron chi connectivity index (χ4n) is 4.86. The molecule has 10 heteroatoms. The molecule has 3 aromatic rings. The third kappa shape index (κ3) is 6.54. The van der Waals surface area contributed by atoms with Crippen molar-refractivity contribution in [2.45, 2.75) is 62.9 Å². The van der Waals surface area contributed by atoms with E-state index in [0.29, 0.717) is 25.9 Å². The Morgan fingerprint density at radius 2 is 1.78 bits per heavy atom. The Kier molecular flexibility index (Phi) is 9.17. The van der Waals surface area contributed by atoms with Gasteiger partial charge in [0, 0.05) is 48.6 Å². The summed E-state index contributed by atoms with van der Waals surface area (Å²) in [7, 11) is 0. The van der Waals surface area contributed by atoms with Crippen molar-refractivity contribution in [3.05, 3.63) is 77.9 Å². The third-order valence-corrected chi connectivity index (χ3v) is 8.01. The predicted octanol–water partition coefficient (Wildman–Crippen LogP) is 4.67. The highest BCUT2D eigenvalue weighted by Crippen LogP contribution is 2.30. The smallest absolute Gasteiger partial charge is 0.147 e. The molecule has 2 heterocycles. The Hall–Kier alpha value is -2.69. The molecule has 2 aromatic carbocycles. The Morgan fingerprint density at radius 3 is 2.42 bits per heavy atom. The van der Waals surface area contributed by atoms with Crippen molar-refractivity contribution < 1.29 is 17.5 Å². The van der Waals surface area contributed by atoms with Gasteiger partial charge < -0.3 is 19.3 Å². The summed E-state index contributed by atoms with van der Waals surface area (Å²) < 4.78 is 55.5. The monoisotopic (exact) mass is 516 g/mol. The lowest BCUT2D eigenvalue weighted by Crippen LogP contribution is -2.35. The van der Waals surface area contributed by atoms with Gasteiger partial charge in [0.25, 0.3) is 0 Å². The van der Waals surface area contributed by atoms with Gasteiger partial charge in [-0.15, -0.1) is 10.2 Å². The fourth-order valence-corrected chi connectivity index (χ4v) is 5.56. The zero-order valence-corrected chi connectivity index (χ0v) is 21.2. The maximum Gasteiger partial charge on any atom is 0.147 e. The third-order valence-electron chi connectivity index (χ3n) is 7.03. The minimum Gasteiger partial charge on any atom is -0.772 e. The average Bonchev–Trinajstić information content (AvgIpc) is 3.43. The summed E-state index contributed by atoms with van der Waals surface area (Å²) in [6, 6.07) is 11.9. The minimum atomic E-state index is -2.24. The largest absolute Gasteiger partial charge is 0.772 e. The Morgan fingerprint density at radius 1 is 1.08 bits per heavy atom. The maximum absolute atomic E-state index is 15.0. The SMILES string of the molecule is CC[C@@H](CC[C@H](c1ccccc1)S(=O)[O-])NCc1cc(F)c(N2CCC(n3cnnc3)CC2)cc1F. The molecule has 36 heavy (non-hydrogen) atoms. The fraction of sp³-hybridized carbons (Fsp3) is 0.462. The summed E-state index contributed by atoms with van der Waals surface area (Å²) in [6.07, 6.45) is 6.79. The summed E-state index contributed by atoms with van der Waals surface area (Å²) >= 11 is -2.24. The maximum atomic E-state index is 15.0. The number of hydrogen-bond acceptors (Lipinski definition) is 6. The van der Waals surface area contributed by atoms with E-state index in [-0.39, 0.29) is 29.9 Å². The van der Waals surface area contributed by atoms with Crippen LogP contribution in [-0.2, 0) is 17.6 Å². The van der Waals surface area contributed by atoms with Crippen molar-refractivity contribution in [3.8, 4) is 0 Å². The lowest BCUT2D eigenvalue weighted by molar-refractivity contribution is 0.392. The molecule has 1 saturated heterocycles. The van der Waals surface area contributed by atoms with Crippen LogP contribution in [0.1, 0.15) is 61.4 Å². The molecule has 0 bridgehead atoms. The predicted molar refractivity (Wildman–Crippen MR) is 135 cm³/mol. The minimum absolute atomic E-state index is 0.0152. The van der Waals surface area contributed by atoms with Crippen LogP contribution in [0.15, 0.2) is 55.1 Å². The van der Waals surface area contributed by atoms with E-state index in [9.17, 15) is 17.5 Å². The van der Waals surface area contributed by atoms with Crippen LogP contribution < -0.4 is 10.2 Å². The van der Waals surface area contributed by atoms with Crippen molar-refractivity contribution in [2.24, 2.45) is 0 Å². The quantitative estimate of drug-likeness (QED) is 0.373. The van der Waals surface area contributed by atoms with E-state index in [1.807, 2.05) is 46.7 Å². The lowest BCUT2D eigenvalue weighted by atomic mass is 10.0. The number of nitrogens with zero attached hydrogens (tertiary/aromatic N) is 4. The Labute approximate surface area is 213 Å². The average molecular weight is 517 g/mol. The van der Waals surface area contributed by atoms with E-state index in [2.05, 4.69) is 15.5 Å². The van der Waals surface area contributed by atoms with Gasteiger partial charge in [-0.25, -0.2) is 8.78 Å². The first-order valence-corrected chi connectivity index (χ1v) is 13.5. The molecule has 1 aliphatic rings. The van der Waals surface area contributed by atoms with Gasteiger partial charge >= 0.3 is 0 Å². The van der Waals surface area contributed by atoms with Gasteiger partial charge in [-0.2, -0.15) is 0 Å². The zero-order chi connectivity index (χ0) is 25.5. The number of halogens is 2. The van der Waals surface area contributed by atoms with Gasteiger partial charge in [0.2, 0.25) is 0 Å². The molecule has 7 nitrogen and oxygen atoms in total. The molecule has 1 aromatic heterocycles. The second-order valence-corrected chi connectivity index (χ2v) is 10.3. The number of piperidine rings is 1. The topological polar surface area (TPSA) is 86.1 Å². The summed E-state index contributed by atoms with van der Waals surface area (Å²) in [5, 5.41) is 10.4. The first kappa shape index (κ1) is 26.4. The van der Waals surface area contributed by atoms with Crippen molar-refractivity contribution in [1.82, 2.24) is 20.1 Å². The molecule has 1 unspecified atom stereocenters. The van der Waals surface area contributed by atoms with Crippen molar-refractivity contribution in [2.75, 3.05) is 18.0 Å². The van der Waals surface area contributed by atoms with Crippen LogP contribution >= 0.6 is 0 Å². The second-order valence-electron chi connectivity index (χ2n) is 9.25. The number of anilines is 1.